The second kappa shape index (κ2) is 16.5. The Bertz CT molecular complexity index is 1450. The van der Waals surface area contributed by atoms with Crippen molar-refractivity contribution >= 4 is 19.8 Å². The molecule has 12 nitrogen and oxygen atoms in total. The number of aliphatic carboxylic acids is 1. The van der Waals surface area contributed by atoms with Crippen molar-refractivity contribution in [2.75, 3.05) is 13.2 Å². The van der Waals surface area contributed by atoms with Crippen molar-refractivity contribution in [3.8, 4) is 17.2 Å². The van der Waals surface area contributed by atoms with E-state index in [1.54, 1.807) is 0 Å². The molecule has 0 spiro atoms. The Morgan fingerprint density at radius 1 is 1.04 bits per heavy atom. The average molecular weight is 644 g/mol. The van der Waals surface area contributed by atoms with Crippen LogP contribution in [0.1, 0.15) is 37.3 Å². The molecule has 4 rings (SSSR count). The molecule has 1 unspecified atom stereocenters. The van der Waals surface area contributed by atoms with Gasteiger partial charge >= 0.3 is 19.8 Å². The Hall–Kier alpha value is -3.77. The number of para-hydroxylation sites is 2. The van der Waals surface area contributed by atoms with E-state index in [1.165, 1.54) is 6.92 Å². The van der Waals surface area contributed by atoms with Crippen LogP contribution < -0.4 is 15.2 Å². The number of ether oxygens (including phenoxy) is 4. The second-order valence-electron chi connectivity index (χ2n) is 10.5. The lowest BCUT2D eigenvalue weighted by atomic mass is 10.1. The molecule has 1 saturated heterocycles. The number of benzene rings is 3. The van der Waals surface area contributed by atoms with Crippen LogP contribution in [0.25, 0.3) is 0 Å². The molecular formula is C32H38NO11P. The van der Waals surface area contributed by atoms with Gasteiger partial charge in [0.1, 0.15) is 42.6 Å². The number of phosphoric ester groups is 1. The third-order valence-corrected chi connectivity index (χ3v) is 8.13. The van der Waals surface area contributed by atoms with Crippen molar-refractivity contribution in [1.29, 1.82) is 0 Å². The largest absolute Gasteiger partial charge is 0.489 e. The number of rotatable bonds is 16. The summed E-state index contributed by atoms with van der Waals surface area (Å²) in [7, 11) is -4.69. The lowest BCUT2D eigenvalue weighted by Crippen LogP contribution is -2.42. The molecule has 4 N–H and O–H groups in total. The molecule has 13 heteroatoms. The summed E-state index contributed by atoms with van der Waals surface area (Å²) in [4.78, 5) is 33.9. The highest BCUT2D eigenvalue weighted by molar-refractivity contribution is 7.47. The zero-order chi connectivity index (χ0) is 32.2. The van der Waals surface area contributed by atoms with Crippen molar-refractivity contribution < 1.29 is 52.1 Å². The number of hydrogen-bond donors (Lipinski definition) is 3. The van der Waals surface area contributed by atoms with E-state index >= 15 is 0 Å². The van der Waals surface area contributed by atoms with Crippen LogP contribution in [0.3, 0.4) is 0 Å². The van der Waals surface area contributed by atoms with Gasteiger partial charge in [-0.2, -0.15) is 0 Å². The summed E-state index contributed by atoms with van der Waals surface area (Å²) in [5.41, 5.74) is 7.20. The summed E-state index contributed by atoms with van der Waals surface area (Å²) in [6.07, 6.45) is -1.70. The monoisotopic (exact) mass is 643 g/mol. The summed E-state index contributed by atoms with van der Waals surface area (Å²) in [6, 6.07) is 23.0. The van der Waals surface area contributed by atoms with Crippen molar-refractivity contribution in [1.82, 2.24) is 0 Å². The van der Waals surface area contributed by atoms with E-state index in [4.69, 9.17) is 38.8 Å². The highest BCUT2D eigenvalue weighted by atomic mass is 31.2. The van der Waals surface area contributed by atoms with Crippen LogP contribution >= 0.6 is 7.82 Å². The van der Waals surface area contributed by atoms with Crippen LogP contribution in [0.15, 0.2) is 78.9 Å². The molecule has 1 aliphatic heterocycles. The standard InChI is InChI=1S/C32H38NO11P/c1-22(31(33)32(35)36)43-45(37,38)44-28-15-8-18-39-29(28)21-41-30(34)17-16-24-10-5-6-14-27(24)40-20-23-9-7-13-26(19-23)42-25-11-3-2-4-12-25/h2-7,9-14,19,22,28-29,31H,8,15-18,20-21,33H2,1H3,(H,35,36)(H,37,38)/t22-,28+,29+,31-/m0/s1. The number of aryl methyl sites for hydroxylation is 1. The zero-order valence-electron chi connectivity index (χ0n) is 24.9. The topological polar surface area (TPSA) is 173 Å². The molecule has 5 atom stereocenters. The van der Waals surface area contributed by atoms with Gasteiger partial charge in [-0.25, -0.2) is 4.57 Å². The van der Waals surface area contributed by atoms with Gasteiger partial charge in [0.15, 0.2) is 0 Å². The van der Waals surface area contributed by atoms with Crippen LogP contribution in [0.5, 0.6) is 17.2 Å². The molecule has 45 heavy (non-hydrogen) atoms. The highest BCUT2D eigenvalue weighted by Crippen LogP contribution is 2.48. The number of phosphoric acid groups is 1. The normalized spacial score (nSPS) is 19.1. The molecule has 0 bridgehead atoms. The van der Waals surface area contributed by atoms with Gasteiger partial charge in [-0.05, 0) is 67.6 Å². The quantitative estimate of drug-likeness (QED) is 0.141. The van der Waals surface area contributed by atoms with E-state index in [0.717, 1.165) is 16.9 Å². The van der Waals surface area contributed by atoms with E-state index < -0.39 is 44.1 Å². The molecule has 0 aromatic heterocycles. The fourth-order valence-electron chi connectivity index (χ4n) is 4.58. The van der Waals surface area contributed by atoms with Crippen LogP contribution in [0, 0.1) is 0 Å². The maximum absolute atomic E-state index is 12.6. The number of carboxylic acids is 1. The maximum atomic E-state index is 12.6. The number of hydrogen-bond acceptors (Lipinski definition) is 10. The first-order valence-corrected chi connectivity index (χ1v) is 16.1. The van der Waals surface area contributed by atoms with Gasteiger partial charge in [0.05, 0.1) is 12.2 Å². The van der Waals surface area contributed by atoms with Gasteiger partial charge < -0.3 is 34.7 Å². The third-order valence-electron chi connectivity index (χ3n) is 6.99. The summed E-state index contributed by atoms with van der Waals surface area (Å²) in [5, 5.41) is 8.99. The molecule has 1 heterocycles. The molecule has 3 aromatic carbocycles. The molecular weight excluding hydrogens is 605 g/mol. The first-order valence-electron chi connectivity index (χ1n) is 14.6. The number of carboxylic acid groups (broad SMARTS) is 1. The number of carbonyl (C=O) groups excluding carboxylic acids is 1. The van der Waals surface area contributed by atoms with E-state index in [9.17, 15) is 19.0 Å². The first kappa shape index (κ1) is 34.1. The van der Waals surface area contributed by atoms with Crippen LogP contribution in [-0.4, -0.2) is 59.5 Å². The smallest absolute Gasteiger partial charge is 0.472 e. The lowest BCUT2D eigenvalue weighted by Gasteiger charge is -2.32. The molecule has 3 aromatic rings. The molecule has 0 amide bonds. The van der Waals surface area contributed by atoms with Crippen LogP contribution in [-0.2, 0) is 45.7 Å². The van der Waals surface area contributed by atoms with Gasteiger partial charge in [-0.15, -0.1) is 0 Å². The van der Waals surface area contributed by atoms with Crippen molar-refractivity contribution in [3.05, 3.63) is 90.0 Å². The van der Waals surface area contributed by atoms with E-state index in [1.807, 2.05) is 78.9 Å². The van der Waals surface area contributed by atoms with Gasteiger partial charge in [-0.1, -0.05) is 48.5 Å². The summed E-state index contributed by atoms with van der Waals surface area (Å²) >= 11 is 0. The van der Waals surface area contributed by atoms with E-state index in [2.05, 4.69) is 0 Å². The number of carbonyl (C=O) groups is 2. The maximum Gasteiger partial charge on any atom is 0.472 e. The van der Waals surface area contributed by atoms with Crippen LogP contribution in [0.4, 0.5) is 0 Å². The Balaban J connectivity index is 1.26. The minimum absolute atomic E-state index is 0.0607. The average Bonchev–Trinajstić information content (AvgIpc) is 3.02. The summed E-state index contributed by atoms with van der Waals surface area (Å²) in [6.45, 7) is 1.70. The second-order valence-corrected chi connectivity index (χ2v) is 11.8. The summed E-state index contributed by atoms with van der Waals surface area (Å²) < 4.78 is 45.7. The number of nitrogens with two attached hydrogens (primary N) is 1. The fourth-order valence-corrected chi connectivity index (χ4v) is 5.76. The van der Waals surface area contributed by atoms with E-state index in [0.29, 0.717) is 44.0 Å². The summed E-state index contributed by atoms with van der Waals surface area (Å²) in [5.74, 6) is 0.189. The minimum Gasteiger partial charge on any atom is -0.489 e. The highest BCUT2D eigenvalue weighted by Gasteiger charge is 2.38. The molecule has 0 aliphatic carbocycles. The zero-order valence-corrected chi connectivity index (χ0v) is 25.8. The first-order chi connectivity index (χ1) is 21.6. The Morgan fingerprint density at radius 2 is 1.78 bits per heavy atom. The van der Waals surface area contributed by atoms with Gasteiger partial charge in [0.2, 0.25) is 0 Å². The molecule has 242 valence electrons. The number of esters is 1. The Morgan fingerprint density at radius 3 is 2.56 bits per heavy atom. The predicted molar refractivity (Wildman–Crippen MR) is 163 cm³/mol. The molecule has 0 saturated carbocycles. The lowest BCUT2D eigenvalue weighted by molar-refractivity contribution is -0.154. The van der Waals surface area contributed by atoms with Crippen LogP contribution in [0.2, 0.25) is 0 Å². The molecule has 1 fully saturated rings. The third kappa shape index (κ3) is 11.0. The Kier molecular flexibility index (Phi) is 12.5. The van der Waals surface area contributed by atoms with Crippen molar-refractivity contribution in [2.24, 2.45) is 5.73 Å². The van der Waals surface area contributed by atoms with E-state index in [-0.39, 0.29) is 13.0 Å². The molecule has 1 aliphatic rings. The van der Waals surface area contributed by atoms with Crippen molar-refractivity contribution in [3.63, 3.8) is 0 Å². The minimum atomic E-state index is -4.69. The van der Waals surface area contributed by atoms with Gasteiger partial charge in [0.25, 0.3) is 0 Å². The predicted octanol–water partition coefficient (Wildman–Crippen LogP) is 5.02. The van der Waals surface area contributed by atoms with Gasteiger partial charge in [0, 0.05) is 13.0 Å². The SMILES string of the molecule is C[C@H](OP(=O)(O)O[C@@H]1CCCO[C@@H]1COC(=O)CCc1ccccc1OCc1cccc(Oc2ccccc2)c1)[C@H](N)C(=O)O. The van der Waals surface area contributed by atoms with Gasteiger partial charge in [-0.3, -0.25) is 18.6 Å². The van der Waals surface area contributed by atoms with Crippen molar-refractivity contribution in [2.45, 2.75) is 63.6 Å². The molecule has 0 radical (unpaired) electrons. The fraction of sp³-hybridized carbons (Fsp3) is 0.375. The Labute approximate surface area is 261 Å².